The van der Waals surface area contributed by atoms with Gasteiger partial charge in [0.1, 0.15) is 13.1 Å². The SMILES string of the molecule is NC(=O)CN(CC(=O)O)C(=O)NCCc1cnc[nH]1. The Labute approximate surface area is 108 Å². The maximum atomic E-state index is 11.7. The van der Waals surface area contributed by atoms with E-state index in [1.165, 1.54) is 6.33 Å². The van der Waals surface area contributed by atoms with Crippen LogP contribution in [0.2, 0.25) is 0 Å². The molecule has 0 fully saturated rings. The average Bonchev–Trinajstić information content (AvgIpc) is 2.79. The zero-order chi connectivity index (χ0) is 14.3. The van der Waals surface area contributed by atoms with E-state index in [1.54, 1.807) is 6.20 Å². The first-order valence-corrected chi connectivity index (χ1v) is 5.49. The predicted molar refractivity (Wildman–Crippen MR) is 64.1 cm³/mol. The lowest BCUT2D eigenvalue weighted by Crippen LogP contribution is -2.47. The summed E-state index contributed by atoms with van der Waals surface area (Å²) in [5, 5.41) is 11.1. The summed E-state index contributed by atoms with van der Waals surface area (Å²) in [7, 11) is 0. The van der Waals surface area contributed by atoms with Gasteiger partial charge in [-0.05, 0) is 0 Å². The maximum absolute atomic E-state index is 11.7. The van der Waals surface area contributed by atoms with E-state index in [2.05, 4.69) is 15.3 Å². The van der Waals surface area contributed by atoms with Gasteiger partial charge in [-0.2, -0.15) is 0 Å². The third kappa shape index (κ3) is 5.52. The van der Waals surface area contributed by atoms with Crippen molar-refractivity contribution in [1.82, 2.24) is 20.2 Å². The van der Waals surface area contributed by atoms with Crippen molar-refractivity contribution < 1.29 is 19.5 Å². The first-order valence-electron chi connectivity index (χ1n) is 5.49. The Bertz CT molecular complexity index is 429. The molecule has 3 amide bonds. The lowest BCUT2D eigenvalue weighted by molar-refractivity contribution is -0.137. The Morgan fingerprint density at radius 2 is 2.16 bits per heavy atom. The predicted octanol–water partition coefficient (Wildman–Crippen LogP) is -1.47. The summed E-state index contributed by atoms with van der Waals surface area (Å²) in [4.78, 5) is 40.5. The molecular formula is C10H15N5O4. The van der Waals surface area contributed by atoms with Crippen LogP contribution in [0.4, 0.5) is 4.79 Å². The molecule has 0 saturated carbocycles. The fraction of sp³-hybridized carbons (Fsp3) is 0.400. The summed E-state index contributed by atoms with van der Waals surface area (Å²) in [5.41, 5.74) is 5.78. The van der Waals surface area contributed by atoms with Gasteiger partial charge in [0, 0.05) is 24.9 Å². The van der Waals surface area contributed by atoms with Gasteiger partial charge in [-0.1, -0.05) is 0 Å². The molecule has 19 heavy (non-hydrogen) atoms. The number of carbonyl (C=O) groups is 3. The third-order valence-electron chi connectivity index (χ3n) is 2.19. The van der Waals surface area contributed by atoms with Gasteiger partial charge in [-0.3, -0.25) is 9.59 Å². The number of primary amides is 1. The Morgan fingerprint density at radius 3 is 2.68 bits per heavy atom. The number of imidazole rings is 1. The topological polar surface area (TPSA) is 141 Å². The number of carboxylic acid groups (broad SMARTS) is 1. The second-order valence-corrected chi connectivity index (χ2v) is 3.77. The smallest absolute Gasteiger partial charge is 0.323 e. The Balaban J connectivity index is 2.42. The number of aliphatic carboxylic acids is 1. The number of urea groups is 1. The van der Waals surface area contributed by atoms with E-state index in [0.29, 0.717) is 6.42 Å². The van der Waals surface area contributed by atoms with E-state index in [-0.39, 0.29) is 6.54 Å². The summed E-state index contributed by atoms with van der Waals surface area (Å²) in [6.07, 6.45) is 3.65. The normalized spacial score (nSPS) is 9.89. The van der Waals surface area contributed by atoms with Gasteiger partial charge in [0.05, 0.1) is 6.33 Å². The number of nitrogens with zero attached hydrogens (tertiary/aromatic N) is 2. The van der Waals surface area contributed by atoms with E-state index in [4.69, 9.17) is 10.8 Å². The third-order valence-corrected chi connectivity index (χ3v) is 2.19. The quantitative estimate of drug-likeness (QED) is 0.478. The summed E-state index contributed by atoms with van der Waals surface area (Å²) in [5.74, 6) is -1.99. The Kier molecular flexibility index (Phi) is 5.33. The number of H-pyrrole nitrogens is 1. The van der Waals surface area contributed by atoms with E-state index in [1.807, 2.05) is 0 Å². The molecule has 0 aromatic carbocycles. The molecular weight excluding hydrogens is 254 g/mol. The van der Waals surface area contributed by atoms with Crippen LogP contribution in [0.25, 0.3) is 0 Å². The minimum Gasteiger partial charge on any atom is -0.480 e. The highest BCUT2D eigenvalue weighted by molar-refractivity contribution is 5.85. The van der Waals surface area contributed by atoms with Crippen LogP contribution in [0.1, 0.15) is 5.69 Å². The highest BCUT2D eigenvalue weighted by Crippen LogP contribution is 1.93. The number of aromatic amines is 1. The maximum Gasteiger partial charge on any atom is 0.323 e. The molecule has 1 aromatic heterocycles. The zero-order valence-corrected chi connectivity index (χ0v) is 10.1. The van der Waals surface area contributed by atoms with Crippen LogP contribution >= 0.6 is 0 Å². The number of hydrogen-bond donors (Lipinski definition) is 4. The van der Waals surface area contributed by atoms with Gasteiger partial charge < -0.3 is 26.0 Å². The molecule has 0 atom stereocenters. The Morgan fingerprint density at radius 1 is 1.42 bits per heavy atom. The van der Waals surface area contributed by atoms with Crippen molar-refractivity contribution in [3.8, 4) is 0 Å². The number of carboxylic acids is 1. The summed E-state index contributed by atoms with van der Waals surface area (Å²) in [6, 6.07) is -0.652. The molecule has 0 bridgehead atoms. The highest BCUT2D eigenvalue weighted by Gasteiger charge is 2.18. The number of rotatable bonds is 7. The average molecular weight is 269 g/mol. The van der Waals surface area contributed by atoms with E-state index in [9.17, 15) is 14.4 Å². The van der Waals surface area contributed by atoms with Gasteiger partial charge in [-0.25, -0.2) is 9.78 Å². The monoisotopic (exact) mass is 269 g/mol. The van der Waals surface area contributed by atoms with Crippen LogP contribution in [0, 0.1) is 0 Å². The van der Waals surface area contributed by atoms with Gasteiger partial charge in [0.15, 0.2) is 0 Å². The molecule has 1 heterocycles. The van der Waals surface area contributed by atoms with Gasteiger partial charge in [0.2, 0.25) is 5.91 Å². The van der Waals surface area contributed by atoms with Crippen LogP contribution in [0.15, 0.2) is 12.5 Å². The van der Waals surface area contributed by atoms with E-state index in [0.717, 1.165) is 10.6 Å². The fourth-order valence-electron chi connectivity index (χ4n) is 1.39. The molecule has 0 aliphatic carbocycles. The summed E-state index contributed by atoms with van der Waals surface area (Å²) in [6.45, 7) is -0.739. The first-order chi connectivity index (χ1) is 8.99. The first kappa shape index (κ1) is 14.5. The van der Waals surface area contributed by atoms with Crippen molar-refractivity contribution in [3.05, 3.63) is 18.2 Å². The molecule has 0 aliphatic rings. The lowest BCUT2D eigenvalue weighted by Gasteiger charge is -2.19. The van der Waals surface area contributed by atoms with Crippen LogP contribution in [0.3, 0.4) is 0 Å². The lowest BCUT2D eigenvalue weighted by atomic mass is 10.3. The largest absolute Gasteiger partial charge is 0.480 e. The highest BCUT2D eigenvalue weighted by atomic mass is 16.4. The van der Waals surface area contributed by atoms with E-state index >= 15 is 0 Å². The van der Waals surface area contributed by atoms with Crippen molar-refractivity contribution >= 4 is 17.9 Å². The number of aromatic nitrogens is 2. The number of amides is 3. The van der Waals surface area contributed by atoms with Crippen molar-refractivity contribution in [3.63, 3.8) is 0 Å². The van der Waals surface area contributed by atoms with Gasteiger partial charge in [0.25, 0.3) is 0 Å². The molecule has 104 valence electrons. The van der Waals surface area contributed by atoms with Crippen molar-refractivity contribution in [2.45, 2.75) is 6.42 Å². The van der Waals surface area contributed by atoms with Crippen molar-refractivity contribution in [1.29, 1.82) is 0 Å². The minimum absolute atomic E-state index is 0.288. The van der Waals surface area contributed by atoms with E-state index < -0.39 is 31.0 Å². The number of nitrogens with one attached hydrogen (secondary N) is 2. The standard InChI is InChI=1S/C10H15N5O4/c11-8(16)4-15(5-9(17)18)10(19)13-2-1-7-3-12-6-14-7/h3,6H,1-2,4-5H2,(H2,11,16)(H,12,14)(H,13,19)(H,17,18). The number of nitrogens with two attached hydrogens (primary N) is 1. The molecule has 0 radical (unpaired) electrons. The molecule has 1 aromatic rings. The second-order valence-electron chi connectivity index (χ2n) is 3.77. The molecule has 0 unspecified atom stereocenters. The van der Waals surface area contributed by atoms with Crippen molar-refractivity contribution in [2.24, 2.45) is 5.73 Å². The molecule has 1 rings (SSSR count). The molecule has 5 N–H and O–H groups in total. The fourth-order valence-corrected chi connectivity index (χ4v) is 1.39. The number of hydrogen-bond acceptors (Lipinski definition) is 4. The molecule has 9 nitrogen and oxygen atoms in total. The number of carbonyl (C=O) groups excluding carboxylic acids is 2. The van der Waals surface area contributed by atoms with Crippen LogP contribution < -0.4 is 11.1 Å². The Hall–Kier alpha value is -2.58. The zero-order valence-electron chi connectivity index (χ0n) is 10.1. The summed E-state index contributed by atoms with van der Waals surface area (Å²) >= 11 is 0. The van der Waals surface area contributed by atoms with Gasteiger partial charge in [-0.15, -0.1) is 0 Å². The molecule has 9 heteroatoms. The van der Waals surface area contributed by atoms with Crippen LogP contribution in [0.5, 0.6) is 0 Å². The minimum atomic E-state index is -1.22. The van der Waals surface area contributed by atoms with Crippen molar-refractivity contribution in [2.75, 3.05) is 19.6 Å². The summed E-state index contributed by atoms with van der Waals surface area (Å²) < 4.78 is 0. The second kappa shape index (κ2) is 6.99. The van der Waals surface area contributed by atoms with Crippen LogP contribution in [-0.2, 0) is 16.0 Å². The van der Waals surface area contributed by atoms with Crippen LogP contribution in [-0.4, -0.2) is 57.5 Å². The molecule has 0 saturated heterocycles. The molecule has 0 spiro atoms. The van der Waals surface area contributed by atoms with Gasteiger partial charge >= 0.3 is 12.0 Å². The molecule has 0 aliphatic heterocycles.